The Hall–Kier alpha value is -0.790. The van der Waals surface area contributed by atoms with Crippen LogP contribution in [0.1, 0.15) is 34.6 Å². The first-order valence-corrected chi connectivity index (χ1v) is 4.16. The van der Waals surface area contributed by atoms with Crippen LogP contribution < -0.4 is 0 Å². The molecule has 2 nitrogen and oxygen atoms in total. The Morgan fingerprint density at radius 2 is 1.83 bits per heavy atom. The molecule has 0 aromatic heterocycles. The third kappa shape index (κ3) is 3.07. The van der Waals surface area contributed by atoms with Crippen molar-refractivity contribution in [3.63, 3.8) is 0 Å². The number of esters is 1. The van der Waals surface area contributed by atoms with Gasteiger partial charge in [0.2, 0.25) is 0 Å². The molecule has 0 rings (SSSR count). The second-order valence-corrected chi connectivity index (χ2v) is 3.93. The van der Waals surface area contributed by atoms with E-state index in [0.29, 0.717) is 11.5 Å². The molecule has 0 N–H and O–H groups in total. The molecular weight excluding hydrogens is 152 g/mol. The van der Waals surface area contributed by atoms with E-state index in [4.69, 9.17) is 4.74 Å². The monoisotopic (exact) mass is 170 g/mol. The summed E-state index contributed by atoms with van der Waals surface area (Å²) in [6, 6.07) is 0. The molecule has 2 heteroatoms. The van der Waals surface area contributed by atoms with E-state index in [-0.39, 0.29) is 5.97 Å². The number of hydrogen-bond donors (Lipinski definition) is 0. The van der Waals surface area contributed by atoms with Gasteiger partial charge in [0.15, 0.2) is 0 Å². The molecule has 12 heavy (non-hydrogen) atoms. The Bertz CT molecular complexity index is 190. The second-order valence-electron chi connectivity index (χ2n) is 3.93. The van der Waals surface area contributed by atoms with Crippen LogP contribution in [-0.2, 0) is 9.53 Å². The molecule has 0 radical (unpaired) electrons. The summed E-state index contributed by atoms with van der Waals surface area (Å²) in [6.45, 7) is 13.0. The van der Waals surface area contributed by atoms with Gasteiger partial charge in [-0.15, -0.1) is 0 Å². The van der Waals surface area contributed by atoms with Crippen LogP contribution in [0.5, 0.6) is 0 Å². The predicted octanol–water partition coefficient (Wildman–Crippen LogP) is 2.54. The van der Waals surface area contributed by atoms with E-state index in [1.165, 1.54) is 0 Å². The highest BCUT2D eigenvalue weighted by Gasteiger charge is 2.26. The zero-order valence-corrected chi connectivity index (χ0v) is 8.60. The first-order chi connectivity index (χ1) is 5.27. The first-order valence-electron chi connectivity index (χ1n) is 4.16. The van der Waals surface area contributed by atoms with Crippen LogP contribution in [0, 0.1) is 5.92 Å². The van der Waals surface area contributed by atoms with Crippen molar-refractivity contribution >= 4 is 5.97 Å². The van der Waals surface area contributed by atoms with Crippen LogP contribution in [0.4, 0.5) is 0 Å². The summed E-state index contributed by atoms with van der Waals surface area (Å²) in [5.41, 5.74) is 0.0412. The zero-order valence-electron chi connectivity index (χ0n) is 8.60. The van der Waals surface area contributed by atoms with Crippen molar-refractivity contribution in [2.24, 2.45) is 5.92 Å². The molecule has 0 unspecified atom stereocenters. The smallest absolute Gasteiger partial charge is 0.333 e. The van der Waals surface area contributed by atoms with E-state index in [1.807, 2.05) is 27.7 Å². The molecule has 0 saturated carbocycles. The summed E-state index contributed by atoms with van der Waals surface area (Å²) in [6.07, 6.45) is 0. The number of carbonyl (C=O) groups is 1. The Labute approximate surface area is 74.6 Å². The van der Waals surface area contributed by atoms with Crippen molar-refractivity contribution in [1.82, 2.24) is 0 Å². The highest BCUT2D eigenvalue weighted by molar-refractivity contribution is 5.87. The maximum Gasteiger partial charge on any atom is 0.333 e. The molecular formula is C10H18O2. The summed E-state index contributed by atoms with van der Waals surface area (Å²) in [5, 5.41) is 0. The van der Waals surface area contributed by atoms with Crippen molar-refractivity contribution in [3.05, 3.63) is 12.2 Å². The third-order valence-electron chi connectivity index (χ3n) is 2.09. The Morgan fingerprint density at radius 3 is 2.08 bits per heavy atom. The fourth-order valence-electron chi connectivity index (χ4n) is 0.444. The molecule has 70 valence electrons. The van der Waals surface area contributed by atoms with E-state index >= 15 is 0 Å². The lowest BCUT2D eigenvalue weighted by molar-refractivity contribution is -0.155. The van der Waals surface area contributed by atoms with Gasteiger partial charge in [-0.3, -0.25) is 0 Å². The zero-order chi connectivity index (χ0) is 9.94. The largest absolute Gasteiger partial charge is 0.456 e. The fourth-order valence-corrected chi connectivity index (χ4v) is 0.444. The summed E-state index contributed by atoms with van der Waals surface area (Å²) >= 11 is 0. The summed E-state index contributed by atoms with van der Waals surface area (Å²) in [4.78, 5) is 11.1. The lowest BCUT2D eigenvalue weighted by atomic mass is 9.94. The molecule has 0 amide bonds. The molecule has 0 saturated heterocycles. The van der Waals surface area contributed by atoms with E-state index < -0.39 is 5.60 Å². The Kier molecular flexibility index (Phi) is 3.50. The number of carbonyl (C=O) groups excluding carboxylic acids is 1. The average molecular weight is 170 g/mol. The van der Waals surface area contributed by atoms with Crippen molar-refractivity contribution in [2.45, 2.75) is 40.2 Å². The molecule has 0 heterocycles. The average Bonchev–Trinajstić information content (AvgIpc) is 1.85. The quantitative estimate of drug-likeness (QED) is 0.480. The lowest BCUT2D eigenvalue weighted by Crippen LogP contribution is -2.33. The Morgan fingerprint density at radius 1 is 1.42 bits per heavy atom. The lowest BCUT2D eigenvalue weighted by Gasteiger charge is -2.29. The highest BCUT2D eigenvalue weighted by atomic mass is 16.6. The van der Waals surface area contributed by atoms with Crippen LogP contribution >= 0.6 is 0 Å². The summed E-state index contributed by atoms with van der Waals surface area (Å²) < 4.78 is 5.22. The van der Waals surface area contributed by atoms with Gasteiger partial charge in [-0.25, -0.2) is 4.79 Å². The van der Waals surface area contributed by atoms with Gasteiger partial charge in [-0.05, 0) is 26.7 Å². The normalized spacial score (nSPS) is 11.5. The fraction of sp³-hybridized carbons (Fsp3) is 0.700. The van der Waals surface area contributed by atoms with Gasteiger partial charge in [0.25, 0.3) is 0 Å². The molecule has 0 fully saturated rings. The van der Waals surface area contributed by atoms with E-state index in [0.717, 1.165) is 0 Å². The SMILES string of the molecule is C=C(C)C(=O)OC(C)(C)C(C)C. The molecule has 0 aromatic carbocycles. The third-order valence-corrected chi connectivity index (χ3v) is 2.09. The number of hydrogen-bond acceptors (Lipinski definition) is 2. The van der Waals surface area contributed by atoms with E-state index in [9.17, 15) is 4.79 Å². The first kappa shape index (κ1) is 11.2. The van der Waals surface area contributed by atoms with Crippen molar-refractivity contribution in [3.8, 4) is 0 Å². The second kappa shape index (κ2) is 3.74. The molecule has 0 aliphatic carbocycles. The van der Waals surface area contributed by atoms with E-state index in [2.05, 4.69) is 6.58 Å². The molecule has 0 spiro atoms. The minimum Gasteiger partial charge on any atom is -0.456 e. The van der Waals surface area contributed by atoms with E-state index in [1.54, 1.807) is 6.92 Å². The summed E-state index contributed by atoms with van der Waals surface area (Å²) in [7, 11) is 0. The van der Waals surface area contributed by atoms with Gasteiger partial charge in [0.05, 0.1) is 0 Å². The molecule has 0 aliphatic heterocycles. The maximum absolute atomic E-state index is 11.1. The highest BCUT2D eigenvalue weighted by Crippen LogP contribution is 2.21. The standard InChI is InChI=1S/C10H18O2/c1-7(2)9(11)12-10(5,6)8(3)4/h8H,1H2,2-6H3. The minimum absolute atomic E-state index is 0.306. The Balaban J connectivity index is 4.25. The van der Waals surface area contributed by atoms with Crippen LogP contribution in [0.3, 0.4) is 0 Å². The topological polar surface area (TPSA) is 26.3 Å². The van der Waals surface area contributed by atoms with Gasteiger partial charge >= 0.3 is 5.97 Å². The summed E-state index contributed by atoms with van der Waals surface area (Å²) in [5.74, 6) is -0.00509. The van der Waals surface area contributed by atoms with Gasteiger partial charge in [-0.2, -0.15) is 0 Å². The van der Waals surface area contributed by atoms with Gasteiger partial charge in [0.1, 0.15) is 5.60 Å². The number of ether oxygens (including phenoxy) is 1. The van der Waals surface area contributed by atoms with Gasteiger partial charge < -0.3 is 4.74 Å². The van der Waals surface area contributed by atoms with Gasteiger partial charge in [0, 0.05) is 5.57 Å². The number of rotatable bonds is 3. The predicted molar refractivity (Wildman–Crippen MR) is 49.8 cm³/mol. The van der Waals surface area contributed by atoms with Crippen molar-refractivity contribution < 1.29 is 9.53 Å². The van der Waals surface area contributed by atoms with Crippen LogP contribution in [0.25, 0.3) is 0 Å². The molecule has 0 bridgehead atoms. The minimum atomic E-state index is -0.407. The maximum atomic E-state index is 11.1. The van der Waals surface area contributed by atoms with Gasteiger partial charge in [-0.1, -0.05) is 20.4 Å². The van der Waals surface area contributed by atoms with Crippen molar-refractivity contribution in [2.75, 3.05) is 0 Å². The molecule has 0 aromatic rings. The molecule has 0 aliphatic rings. The van der Waals surface area contributed by atoms with Crippen molar-refractivity contribution in [1.29, 1.82) is 0 Å². The van der Waals surface area contributed by atoms with Crippen LogP contribution in [0.2, 0.25) is 0 Å². The molecule has 0 atom stereocenters. The van der Waals surface area contributed by atoms with Crippen LogP contribution in [0.15, 0.2) is 12.2 Å². The van der Waals surface area contributed by atoms with Crippen LogP contribution in [-0.4, -0.2) is 11.6 Å².